The first-order chi connectivity index (χ1) is 8.99. The summed E-state index contributed by atoms with van der Waals surface area (Å²) in [5.74, 6) is -1.15. The van der Waals surface area contributed by atoms with Gasteiger partial charge in [0, 0.05) is 6.07 Å². The lowest BCUT2D eigenvalue weighted by atomic mass is 10.2. The van der Waals surface area contributed by atoms with Crippen molar-refractivity contribution >= 4 is 29.2 Å². The number of pyridine rings is 1. The average Bonchev–Trinajstić information content (AvgIpc) is 2.36. The monoisotopic (exact) mass is 297 g/mol. The number of carbonyl (C=O) groups is 1. The highest BCUT2D eigenvalue weighted by molar-refractivity contribution is 6.42. The van der Waals surface area contributed by atoms with Crippen LogP contribution < -0.4 is 5.56 Å². The number of aromatic carboxylic acids is 1. The molecule has 4 nitrogen and oxygen atoms in total. The Morgan fingerprint density at radius 3 is 2.53 bits per heavy atom. The van der Waals surface area contributed by atoms with Gasteiger partial charge in [-0.25, -0.2) is 4.79 Å². The highest BCUT2D eigenvalue weighted by Crippen LogP contribution is 2.22. The highest BCUT2D eigenvalue weighted by Gasteiger charge is 2.11. The standard InChI is InChI=1S/C13H9Cl2NO3/c14-9-5-4-8(6-10(9)15)7-16-11(13(18)19)2-1-3-12(16)17/h1-6H,7H2,(H,18,19). The molecular weight excluding hydrogens is 289 g/mol. The molecule has 0 saturated heterocycles. The highest BCUT2D eigenvalue weighted by atomic mass is 35.5. The molecule has 0 radical (unpaired) electrons. The fourth-order valence-electron chi connectivity index (χ4n) is 1.69. The zero-order chi connectivity index (χ0) is 14.0. The predicted molar refractivity (Wildman–Crippen MR) is 73.2 cm³/mol. The minimum Gasteiger partial charge on any atom is -0.477 e. The number of aromatic nitrogens is 1. The Labute approximate surface area is 118 Å². The zero-order valence-corrected chi connectivity index (χ0v) is 11.1. The van der Waals surface area contributed by atoms with E-state index in [0.717, 1.165) is 0 Å². The summed E-state index contributed by atoms with van der Waals surface area (Å²) in [6.07, 6.45) is 0. The van der Waals surface area contributed by atoms with Gasteiger partial charge in [0.05, 0.1) is 16.6 Å². The van der Waals surface area contributed by atoms with Crippen molar-refractivity contribution in [2.24, 2.45) is 0 Å². The van der Waals surface area contributed by atoms with E-state index >= 15 is 0 Å². The predicted octanol–water partition coefficient (Wildman–Crippen LogP) is 2.90. The van der Waals surface area contributed by atoms with Gasteiger partial charge in [0.25, 0.3) is 5.56 Å². The van der Waals surface area contributed by atoms with Crippen molar-refractivity contribution in [3.05, 3.63) is 68.1 Å². The Morgan fingerprint density at radius 2 is 1.89 bits per heavy atom. The molecule has 0 atom stereocenters. The molecule has 0 spiro atoms. The Hall–Kier alpha value is -1.78. The van der Waals surface area contributed by atoms with Crippen molar-refractivity contribution in [2.45, 2.75) is 6.54 Å². The van der Waals surface area contributed by atoms with Gasteiger partial charge in [0.15, 0.2) is 0 Å². The summed E-state index contributed by atoms with van der Waals surface area (Å²) in [5, 5.41) is 9.83. The number of carboxylic acids is 1. The number of nitrogens with zero attached hydrogens (tertiary/aromatic N) is 1. The van der Waals surface area contributed by atoms with Crippen molar-refractivity contribution in [3.8, 4) is 0 Å². The SMILES string of the molecule is O=C(O)c1cccc(=O)n1Cc1ccc(Cl)c(Cl)c1. The van der Waals surface area contributed by atoms with Crippen molar-refractivity contribution in [2.75, 3.05) is 0 Å². The van der Waals surface area contributed by atoms with E-state index in [4.69, 9.17) is 28.3 Å². The normalized spacial score (nSPS) is 10.4. The van der Waals surface area contributed by atoms with Crippen molar-refractivity contribution in [3.63, 3.8) is 0 Å². The molecule has 0 amide bonds. The van der Waals surface area contributed by atoms with E-state index in [1.807, 2.05) is 0 Å². The molecule has 1 heterocycles. The Kier molecular flexibility index (Phi) is 3.93. The van der Waals surface area contributed by atoms with Gasteiger partial charge in [-0.15, -0.1) is 0 Å². The maximum atomic E-state index is 11.7. The summed E-state index contributed by atoms with van der Waals surface area (Å²) in [5.41, 5.74) is 0.245. The number of rotatable bonds is 3. The third-order valence-corrected chi connectivity index (χ3v) is 3.33. The Bertz CT molecular complexity index is 695. The van der Waals surface area contributed by atoms with Crippen LogP contribution in [0.1, 0.15) is 16.1 Å². The van der Waals surface area contributed by atoms with E-state index in [0.29, 0.717) is 15.6 Å². The molecule has 0 aliphatic heterocycles. The second kappa shape index (κ2) is 5.47. The average molecular weight is 298 g/mol. The first-order valence-electron chi connectivity index (χ1n) is 5.36. The lowest BCUT2D eigenvalue weighted by Crippen LogP contribution is -2.25. The molecule has 98 valence electrons. The van der Waals surface area contributed by atoms with Gasteiger partial charge in [0.1, 0.15) is 5.69 Å². The van der Waals surface area contributed by atoms with Gasteiger partial charge >= 0.3 is 5.97 Å². The summed E-state index contributed by atoms with van der Waals surface area (Å²) in [6, 6.07) is 9.00. The van der Waals surface area contributed by atoms with E-state index in [9.17, 15) is 9.59 Å². The first-order valence-corrected chi connectivity index (χ1v) is 6.11. The minimum atomic E-state index is -1.15. The molecule has 0 bridgehead atoms. The molecule has 19 heavy (non-hydrogen) atoms. The largest absolute Gasteiger partial charge is 0.477 e. The number of benzene rings is 1. The first kappa shape index (κ1) is 13.6. The second-order valence-corrected chi connectivity index (χ2v) is 4.70. The van der Waals surface area contributed by atoms with Gasteiger partial charge in [-0.3, -0.25) is 9.36 Å². The number of hydrogen-bond donors (Lipinski definition) is 1. The molecule has 1 aromatic carbocycles. The lowest BCUT2D eigenvalue weighted by Gasteiger charge is -2.10. The van der Waals surface area contributed by atoms with Crippen molar-refractivity contribution in [1.82, 2.24) is 4.57 Å². The van der Waals surface area contributed by atoms with Crippen LogP contribution in [-0.4, -0.2) is 15.6 Å². The van der Waals surface area contributed by atoms with Gasteiger partial charge in [0.2, 0.25) is 0 Å². The van der Waals surface area contributed by atoms with E-state index in [1.54, 1.807) is 18.2 Å². The van der Waals surface area contributed by atoms with Crippen LogP contribution in [0.25, 0.3) is 0 Å². The molecule has 1 N–H and O–H groups in total. The summed E-state index contributed by atoms with van der Waals surface area (Å²) in [7, 11) is 0. The molecule has 6 heteroatoms. The van der Waals surface area contributed by atoms with Crippen LogP contribution in [0.5, 0.6) is 0 Å². The van der Waals surface area contributed by atoms with Crippen LogP contribution in [-0.2, 0) is 6.54 Å². The number of carboxylic acid groups (broad SMARTS) is 1. The maximum absolute atomic E-state index is 11.7. The molecule has 0 aliphatic rings. The van der Waals surface area contributed by atoms with Crippen LogP contribution in [0, 0.1) is 0 Å². The van der Waals surface area contributed by atoms with E-state index in [-0.39, 0.29) is 17.8 Å². The van der Waals surface area contributed by atoms with Gasteiger partial charge in [-0.1, -0.05) is 35.3 Å². The van der Waals surface area contributed by atoms with Crippen molar-refractivity contribution < 1.29 is 9.90 Å². The van der Waals surface area contributed by atoms with Crippen LogP contribution in [0.4, 0.5) is 0 Å². The van der Waals surface area contributed by atoms with Crippen LogP contribution in [0.2, 0.25) is 10.0 Å². The summed E-state index contributed by atoms with van der Waals surface area (Å²) in [6.45, 7) is 0.123. The summed E-state index contributed by atoms with van der Waals surface area (Å²) in [4.78, 5) is 22.8. The van der Waals surface area contributed by atoms with E-state index < -0.39 is 5.97 Å². The third-order valence-electron chi connectivity index (χ3n) is 2.59. The summed E-state index contributed by atoms with van der Waals surface area (Å²) >= 11 is 11.7. The van der Waals surface area contributed by atoms with Crippen LogP contribution >= 0.6 is 23.2 Å². The molecular formula is C13H9Cl2NO3. The Balaban J connectivity index is 2.46. The van der Waals surface area contributed by atoms with E-state index in [1.165, 1.54) is 22.8 Å². The van der Waals surface area contributed by atoms with Gasteiger partial charge in [-0.2, -0.15) is 0 Å². The molecule has 0 saturated carbocycles. The molecule has 2 rings (SSSR count). The van der Waals surface area contributed by atoms with E-state index in [2.05, 4.69) is 0 Å². The fourth-order valence-corrected chi connectivity index (χ4v) is 2.01. The summed E-state index contributed by atoms with van der Waals surface area (Å²) < 4.78 is 1.17. The van der Waals surface area contributed by atoms with Crippen LogP contribution in [0.3, 0.4) is 0 Å². The molecule has 2 aromatic rings. The van der Waals surface area contributed by atoms with Gasteiger partial charge in [-0.05, 0) is 23.8 Å². The minimum absolute atomic E-state index is 0.0708. The Morgan fingerprint density at radius 1 is 1.16 bits per heavy atom. The topological polar surface area (TPSA) is 59.3 Å². The fraction of sp³-hybridized carbons (Fsp3) is 0.0769. The maximum Gasteiger partial charge on any atom is 0.352 e. The number of hydrogen-bond acceptors (Lipinski definition) is 2. The van der Waals surface area contributed by atoms with Crippen molar-refractivity contribution in [1.29, 1.82) is 0 Å². The smallest absolute Gasteiger partial charge is 0.352 e. The van der Waals surface area contributed by atoms with Gasteiger partial charge < -0.3 is 5.11 Å². The third kappa shape index (κ3) is 2.97. The second-order valence-electron chi connectivity index (χ2n) is 3.89. The quantitative estimate of drug-likeness (QED) is 0.947. The molecule has 1 aromatic heterocycles. The zero-order valence-electron chi connectivity index (χ0n) is 9.64. The molecule has 0 fully saturated rings. The lowest BCUT2D eigenvalue weighted by molar-refractivity contribution is 0.0684. The number of halogens is 2. The van der Waals surface area contributed by atoms with Crippen LogP contribution in [0.15, 0.2) is 41.2 Å². The molecule has 0 unspecified atom stereocenters. The molecule has 0 aliphatic carbocycles.